The first kappa shape index (κ1) is 18.7. The van der Waals surface area contributed by atoms with Crippen molar-refractivity contribution in [1.82, 2.24) is 4.90 Å². The van der Waals surface area contributed by atoms with Crippen LogP contribution in [0.15, 0.2) is 41.8 Å². The largest absolute Gasteiger partial charge is 0.497 e. The van der Waals surface area contributed by atoms with Gasteiger partial charge in [0.2, 0.25) is 0 Å². The molecule has 0 aliphatic carbocycles. The molecule has 1 saturated heterocycles. The highest BCUT2D eigenvalue weighted by Crippen LogP contribution is 2.25. The molecule has 0 atom stereocenters. The molecule has 1 fully saturated rings. The number of carbonyl (C=O) groups excluding carboxylic acids is 3. The van der Waals surface area contributed by atoms with Gasteiger partial charge in [-0.15, -0.1) is 11.3 Å². The van der Waals surface area contributed by atoms with Crippen molar-refractivity contribution in [3.05, 3.63) is 52.2 Å². The van der Waals surface area contributed by atoms with Gasteiger partial charge in [-0.2, -0.15) is 0 Å². The highest BCUT2D eigenvalue weighted by Gasteiger charge is 2.29. The SMILES string of the molecule is COc1ccc(/C=C(/C(=O)OCC(=O)N2CCOC2=O)c2cccs2)cc1. The lowest BCUT2D eigenvalue weighted by atomic mass is 10.1. The average molecular weight is 387 g/mol. The minimum Gasteiger partial charge on any atom is -0.497 e. The van der Waals surface area contributed by atoms with Gasteiger partial charge >= 0.3 is 12.1 Å². The fourth-order valence-corrected chi connectivity index (χ4v) is 3.16. The molecule has 0 N–H and O–H groups in total. The Morgan fingerprint density at radius 2 is 2.04 bits per heavy atom. The quantitative estimate of drug-likeness (QED) is 0.560. The summed E-state index contributed by atoms with van der Waals surface area (Å²) in [6, 6.07) is 10.8. The minimum atomic E-state index is -0.719. The third-order valence-electron chi connectivity index (χ3n) is 3.82. The Bertz CT molecular complexity index is 857. The first-order valence-corrected chi connectivity index (χ1v) is 9.00. The van der Waals surface area contributed by atoms with Crippen LogP contribution in [0.4, 0.5) is 4.79 Å². The van der Waals surface area contributed by atoms with Crippen LogP contribution < -0.4 is 4.74 Å². The van der Waals surface area contributed by atoms with Gasteiger partial charge in [-0.3, -0.25) is 4.79 Å². The molecule has 0 spiro atoms. The van der Waals surface area contributed by atoms with E-state index in [0.29, 0.717) is 16.2 Å². The number of hydrogen-bond donors (Lipinski definition) is 0. The molecular formula is C19H17NO6S. The third kappa shape index (κ3) is 4.53. The lowest BCUT2D eigenvalue weighted by molar-refractivity contribution is -0.145. The predicted molar refractivity (Wildman–Crippen MR) is 99.2 cm³/mol. The number of thiophene rings is 1. The number of methoxy groups -OCH3 is 1. The second-order valence-corrected chi connectivity index (χ2v) is 6.49. The van der Waals surface area contributed by atoms with E-state index in [2.05, 4.69) is 0 Å². The van der Waals surface area contributed by atoms with Crippen molar-refractivity contribution in [2.24, 2.45) is 0 Å². The van der Waals surface area contributed by atoms with E-state index in [1.165, 1.54) is 11.3 Å². The number of esters is 1. The van der Waals surface area contributed by atoms with E-state index >= 15 is 0 Å². The van der Waals surface area contributed by atoms with Crippen molar-refractivity contribution in [1.29, 1.82) is 0 Å². The maximum atomic E-state index is 12.6. The summed E-state index contributed by atoms with van der Waals surface area (Å²) >= 11 is 1.38. The van der Waals surface area contributed by atoms with Crippen LogP contribution in [-0.2, 0) is 19.1 Å². The van der Waals surface area contributed by atoms with Crippen LogP contribution in [0.5, 0.6) is 5.75 Å². The Hall–Kier alpha value is -3.13. The molecule has 140 valence electrons. The topological polar surface area (TPSA) is 82.1 Å². The molecule has 2 amide bonds. The average Bonchev–Trinajstić information content (AvgIpc) is 3.36. The van der Waals surface area contributed by atoms with E-state index in [4.69, 9.17) is 14.2 Å². The Morgan fingerprint density at radius 1 is 1.26 bits per heavy atom. The molecule has 7 nitrogen and oxygen atoms in total. The maximum absolute atomic E-state index is 12.6. The van der Waals surface area contributed by atoms with Crippen LogP contribution >= 0.6 is 11.3 Å². The van der Waals surface area contributed by atoms with Gasteiger partial charge in [-0.05, 0) is 35.2 Å². The summed E-state index contributed by atoms with van der Waals surface area (Å²) < 4.78 is 15.0. The number of imide groups is 1. The molecule has 2 aromatic rings. The lowest BCUT2D eigenvalue weighted by Gasteiger charge is -2.11. The zero-order valence-corrected chi connectivity index (χ0v) is 15.4. The number of amides is 2. The van der Waals surface area contributed by atoms with E-state index < -0.39 is 24.6 Å². The fraction of sp³-hybridized carbons (Fsp3) is 0.211. The number of ether oxygens (including phenoxy) is 3. The number of rotatable bonds is 6. The molecule has 3 rings (SSSR count). The van der Waals surface area contributed by atoms with E-state index in [0.717, 1.165) is 10.5 Å². The number of nitrogens with zero attached hydrogens (tertiary/aromatic N) is 1. The van der Waals surface area contributed by atoms with Crippen LogP contribution in [0, 0.1) is 0 Å². The van der Waals surface area contributed by atoms with Gasteiger partial charge in [0.1, 0.15) is 12.4 Å². The van der Waals surface area contributed by atoms with Crippen LogP contribution in [-0.4, -0.2) is 49.7 Å². The number of carbonyl (C=O) groups is 3. The Kier molecular flexibility index (Phi) is 5.87. The molecule has 1 aromatic carbocycles. The first-order chi connectivity index (χ1) is 13.1. The van der Waals surface area contributed by atoms with Crippen LogP contribution in [0.25, 0.3) is 11.6 Å². The summed E-state index contributed by atoms with van der Waals surface area (Å²) in [5.74, 6) is -0.550. The molecule has 0 radical (unpaired) electrons. The van der Waals surface area contributed by atoms with Gasteiger partial charge < -0.3 is 14.2 Å². The highest BCUT2D eigenvalue weighted by molar-refractivity contribution is 7.11. The Morgan fingerprint density at radius 3 is 2.63 bits per heavy atom. The zero-order valence-electron chi connectivity index (χ0n) is 14.5. The molecule has 2 heterocycles. The van der Waals surface area contributed by atoms with Gasteiger partial charge in [0.15, 0.2) is 6.61 Å². The minimum absolute atomic E-state index is 0.149. The number of hydrogen-bond acceptors (Lipinski definition) is 7. The van der Waals surface area contributed by atoms with E-state index in [1.807, 2.05) is 23.6 Å². The van der Waals surface area contributed by atoms with Gasteiger partial charge in [0.05, 0.1) is 19.2 Å². The molecule has 0 unspecified atom stereocenters. The van der Waals surface area contributed by atoms with Gasteiger partial charge in [0.25, 0.3) is 5.91 Å². The zero-order chi connectivity index (χ0) is 19.2. The van der Waals surface area contributed by atoms with E-state index in [9.17, 15) is 14.4 Å². The molecule has 0 saturated carbocycles. The Balaban J connectivity index is 1.74. The fourth-order valence-electron chi connectivity index (χ4n) is 2.43. The number of benzene rings is 1. The van der Waals surface area contributed by atoms with Gasteiger partial charge in [-0.25, -0.2) is 14.5 Å². The standard InChI is InChI=1S/C19H17NO6S/c1-24-14-6-4-13(5-7-14)11-15(16-3-2-10-27-16)18(22)26-12-17(21)20-8-9-25-19(20)23/h2-7,10-11H,8-9,12H2,1H3/b15-11+. The maximum Gasteiger partial charge on any atom is 0.416 e. The summed E-state index contributed by atoms with van der Waals surface area (Å²) in [5, 5.41) is 1.84. The summed E-state index contributed by atoms with van der Waals surface area (Å²) in [6.45, 7) is -0.218. The van der Waals surface area contributed by atoms with Crippen LogP contribution in [0.2, 0.25) is 0 Å². The van der Waals surface area contributed by atoms with Crippen molar-refractivity contribution in [3.8, 4) is 5.75 Å². The third-order valence-corrected chi connectivity index (χ3v) is 4.73. The van der Waals surface area contributed by atoms with Crippen molar-refractivity contribution >= 4 is 41.0 Å². The number of cyclic esters (lactones) is 1. The van der Waals surface area contributed by atoms with Crippen LogP contribution in [0.1, 0.15) is 10.4 Å². The molecule has 8 heteroatoms. The smallest absolute Gasteiger partial charge is 0.416 e. The van der Waals surface area contributed by atoms with Crippen molar-refractivity contribution in [3.63, 3.8) is 0 Å². The molecule has 27 heavy (non-hydrogen) atoms. The summed E-state index contributed by atoms with van der Waals surface area (Å²) in [5.41, 5.74) is 1.11. The molecule has 1 aliphatic rings. The van der Waals surface area contributed by atoms with Crippen molar-refractivity contribution < 1.29 is 28.6 Å². The second kappa shape index (κ2) is 8.50. The van der Waals surface area contributed by atoms with Gasteiger partial charge in [0, 0.05) is 4.88 Å². The molecule has 1 aliphatic heterocycles. The summed E-state index contributed by atoms with van der Waals surface area (Å²) in [4.78, 5) is 37.6. The lowest BCUT2D eigenvalue weighted by Crippen LogP contribution is -2.35. The highest BCUT2D eigenvalue weighted by atomic mass is 32.1. The Labute approximate surface area is 159 Å². The molecule has 1 aromatic heterocycles. The van der Waals surface area contributed by atoms with Crippen molar-refractivity contribution in [2.45, 2.75) is 0 Å². The predicted octanol–water partition coefficient (Wildman–Crippen LogP) is 2.82. The monoisotopic (exact) mass is 387 g/mol. The molecule has 0 bridgehead atoms. The summed E-state index contributed by atoms with van der Waals surface area (Å²) in [6.07, 6.45) is 0.964. The summed E-state index contributed by atoms with van der Waals surface area (Å²) in [7, 11) is 1.58. The van der Waals surface area contributed by atoms with Gasteiger partial charge in [-0.1, -0.05) is 18.2 Å². The normalized spacial score (nSPS) is 14.0. The van der Waals surface area contributed by atoms with E-state index in [-0.39, 0.29) is 13.2 Å². The van der Waals surface area contributed by atoms with Crippen LogP contribution in [0.3, 0.4) is 0 Å². The second-order valence-electron chi connectivity index (χ2n) is 5.54. The first-order valence-electron chi connectivity index (χ1n) is 8.12. The van der Waals surface area contributed by atoms with Crippen molar-refractivity contribution in [2.75, 3.05) is 26.9 Å². The van der Waals surface area contributed by atoms with E-state index in [1.54, 1.807) is 31.4 Å². The molecular weight excluding hydrogens is 370 g/mol.